The van der Waals surface area contributed by atoms with Crippen LogP contribution < -0.4 is 0 Å². The number of nitrogens with zero attached hydrogens (tertiary/aromatic N) is 1. The normalized spacial score (nSPS) is 36.1. The van der Waals surface area contributed by atoms with Crippen LogP contribution in [-0.2, 0) is 25.7 Å². The second kappa shape index (κ2) is 12.0. The number of hydrogen-bond acceptors (Lipinski definition) is 10. The SMILES string of the molecule is C/C(=C\c1csc(CO)n1)[C@@H]1C[C@@H]2O[C@]2(CO)CCC[C@H](C)[C@H](O)[C@@H](C)C(=O)C(C)(C)[C@@H](O)CC(=O)O1. The largest absolute Gasteiger partial charge is 0.458 e. The van der Waals surface area contributed by atoms with Gasteiger partial charge in [-0.2, -0.15) is 0 Å². The molecule has 0 unspecified atom stereocenters. The number of fused-ring (bicyclic) bond motifs is 1. The van der Waals surface area contributed by atoms with Crippen LogP contribution in [0.5, 0.6) is 0 Å². The number of ether oxygens (including phenoxy) is 2. The molecule has 9 nitrogen and oxygen atoms in total. The summed E-state index contributed by atoms with van der Waals surface area (Å²) in [5, 5.41) is 43.5. The number of aromatic nitrogens is 1. The maximum atomic E-state index is 13.2. The average Bonchev–Trinajstić information content (AvgIpc) is 3.34. The van der Waals surface area contributed by atoms with Gasteiger partial charge in [0.15, 0.2) is 0 Å². The lowest BCUT2D eigenvalue weighted by molar-refractivity contribution is -0.154. The monoisotopic (exact) mass is 539 g/mol. The van der Waals surface area contributed by atoms with Crippen LogP contribution in [0.2, 0.25) is 0 Å². The summed E-state index contributed by atoms with van der Waals surface area (Å²) in [5.74, 6) is -1.87. The van der Waals surface area contributed by atoms with Crippen LogP contribution >= 0.6 is 11.3 Å². The summed E-state index contributed by atoms with van der Waals surface area (Å²) in [6.07, 6.45) is 0.418. The highest BCUT2D eigenvalue weighted by atomic mass is 32.1. The van der Waals surface area contributed by atoms with E-state index in [1.165, 1.54) is 11.3 Å². The molecule has 0 spiro atoms. The van der Waals surface area contributed by atoms with Crippen LogP contribution in [0.4, 0.5) is 0 Å². The molecular formula is C27H41NO8S. The van der Waals surface area contributed by atoms with Crippen molar-refractivity contribution in [3.8, 4) is 0 Å². The van der Waals surface area contributed by atoms with Gasteiger partial charge in [-0.3, -0.25) is 9.59 Å². The summed E-state index contributed by atoms with van der Waals surface area (Å²) < 4.78 is 11.7. The van der Waals surface area contributed by atoms with Gasteiger partial charge in [-0.05, 0) is 37.3 Å². The Hall–Kier alpha value is -1.69. The molecule has 208 valence electrons. The van der Waals surface area contributed by atoms with Gasteiger partial charge in [-0.25, -0.2) is 4.98 Å². The van der Waals surface area contributed by atoms with Crippen LogP contribution in [0.3, 0.4) is 0 Å². The molecule has 10 heteroatoms. The summed E-state index contributed by atoms with van der Waals surface area (Å²) in [5.41, 5.74) is -0.654. The molecular weight excluding hydrogens is 498 g/mol. The number of cyclic esters (lactones) is 1. The zero-order valence-electron chi connectivity index (χ0n) is 22.3. The number of hydrogen-bond donors (Lipinski definition) is 4. The van der Waals surface area contributed by atoms with Crippen molar-refractivity contribution in [3.63, 3.8) is 0 Å². The Morgan fingerprint density at radius 2 is 1.95 bits per heavy atom. The van der Waals surface area contributed by atoms with Gasteiger partial charge in [0, 0.05) is 17.7 Å². The summed E-state index contributed by atoms with van der Waals surface area (Å²) >= 11 is 1.32. The second-order valence-electron chi connectivity index (χ2n) is 11.2. The van der Waals surface area contributed by atoms with Gasteiger partial charge in [0.05, 0.1) is 49.1 Å². The minimum absolute atomic E-state index is 0.161. The number of aliphatic hydroxyl groups excluding tert-OH is 4. The summed E-state index contributed by atoms with van der Waals surface area (Å²) in [4.78, 5) is 30.5. The van der Waals surface area contributed by atoms with E-state index in [4.69, 9.17) is 9.47 Å². The number of esters is 1. The first-order valence-corrected chi connectivity index (χ1v) is 13.8. The van der Waals surface area contributed by atoms with Gasteiger partial charge in [0.1, 0.15) is 22.5 Å². The number of Topliss-reactive ketones (excluding diaryl/α,β-unsaturated/α-hetero) is 1. The molecule has 0 amide bonds. The average molecular weight is 540 g/mol. The fourth-order valence-corrected chi connectivity index (χ4v) is 5.78. The Labute approximate surface area is 222 Å². The zero-order chi connectivity index (χ0) is 27.5. The Balaban J connectivity index is 1.88. The minimum Gasteiger partial charge on any atom is -0.458 e. The molecule has 0 saturated carbocycles. The van der Waals surface area contributed by atoms with Gasteiger partial charge in [0.25, 0.3) is 0 Å². The number of rotatable bonds is 4. The predicted octanol–water partition coefficient (Wildman–Crippen LogP) is 2.63. The van der Waals surface area contributed by atoms with E-state index in [9.17, 15) is 30.0 Å². The van der Waals surface area contributed by atoms with Crippen molar-refractivity contribution in [2.75, 3.05) is 6.61 Å². The number of epoxide rings is 1. The zero-order valence-corrected chi connectivity index (χ0v) is 23.2. The number of aliphatic hydroxyl groups is 4. The van der Waals surface area contributed by atoms with Crippen LogP contribution in [0.25, 0.3) is 6.08 Å². The Kier molecular flexibility index (Phi) is 9.69. The van der Waals surface area contributed by atoms with Crippen molar-refractivity contribution in [1.82, 2.24) is 4.98 Å². The third-order valence-electron chi connectivity index (χ3n) is 8.06. The highest BCUT2D eigenvalue weighted by Crippen LogP contribution is 2.45. The lowest BCUT2D eigenvalue weighted by Gasteiger charge is -2.34. The van der Waals surface area contributed by atoms with E-state index in [1.54, 1.807) is 32.2 Å². The van der Waals surface area contributed by atoms with Gasteiger partial charge < -0.3 is 29.9 Å². The molecule has 0 aromatic carbocycles. The van der Waals surface area contributed by atoms with E-state index in [2.05, 4.69) is 4.98 Å². The highest BCUT2D eigenvalue weighted by Gasteiger charge is 2.56. The molecule has 3 rings (SSSR count). The number of carbonyl (C=O) groups is 2. The molecule has 0 aliphatic carbocycles. The Bertz CT molecular complexity index is 991. The smallest absolute Gasteiger partial charge is 0.309 e. The van der Waals surface area contributed by atoms with Gasteiger partial charge in [-0.1, -0.05) is 34.1 Å². The third-order valence-corrected chi connectivity index (χ3v) is 8.91. The van der Waals surface area contributed by atoms with Crippen molar-refractivity contribution < 1.29 is 39.5 Å². The first-order chi connectivity index (χ1) is 17.3. The van der Waals surface area contributed by atoms with E-state index in [-0.39, 0.29) is 37.4 Å². The van der Waals surface area contributed by atoms with E-state index in [0.29, 0.717) is 42.0 Å². The standard InChI is InChI=1S/C27H41NO8S/c1-15-7-6-8-27(14-30)21(36-27)10-19(16(2)9-18-13-37-22(12-29)28-18)35-23(32)11-20(31)26(4,5)25(34)17(3)24(15)33/h9,13,15,17,19-21,24,29-31,33H,6-8,10-12,14H2,1-5H3/b16-9+/t15-,17+,19-,20-,21-,24-,27-/m0/s1. The molecule has 2 aliphatic rings. The molecule has 37 heavy (non-hydrogen) atoms. The fourth-order valence-electron chi connectivity index (χ4n) is 5.17. The molecule has 7 atom stereocenters. The molecule has 2 saturated heterocycles. The van der Waals surface area contributed by atoms with E-state index >= 15 is 0 Å². The molecule has 0 radical (unpaired) electrons. The summed E-state index contributed by atoms with van der Waals surface area (Å²) in [6.45, 7) is 8.19. The van der Waals surface area contributed by atoms with Gasteiger partial charge >= 0.3 is 5.97 Å². The Morgan fingerprint density at radius 1 is 1.24 bits per heavy atom. The first-order valence-electron chi connectivity index (χ1n) is 13.0. The maximum absolute atomic E-state index is 13.2. The fraction of sp³-hybridized carbons (Fsp3) is 0.741. The highest BCUT2D eigenvalue weighted by molar-refractivity contribution is 7.09. The van der Waals surface area contributed by atoms with Crippen molar-refractivity contribution in [1.29, 1.82) is 0 Å². The molecule has 1 aromatic rings. The molecule has 2 aliphatic heterocycles. The van der Waals surface area contributed by atoms with Gasteiger partial charge in [-0.15, -0.1) is 11.3 Å². The van der Waals surface area contributed by atoms with Crippen molar-refractivity contribution in [2.24, 2.45) is 17.3 Å². The Morgan fingerprint density at radius 3 is 2.57 bits per heavy atom. The number of ketones is 1. The lowest BCUT2D eigenvalue weighted by atomic mass is 9.73. The van der Waals surface area contributed by atoms with Crippen LogP contribution in [0, 0.1) is 17.3 Å². The van der Waals surface area contributed by atoms with Crippen LogP contribution in [-0.4, -0.2) is 73.8 Å². The van der Waals surface area contributed by atoms with Crippen LogP contribution in [0.1, 0.15) is 77.4 Å². The molecule has 2 fully saturated rings. The first kappa shape index (κ1) is 29.9. The molecule has 1 aromatic heterocycles. The van der Waals surface area contributed by atoms with E-state index in [1.807, 2.05) is 13.8 Å². The molecule has 3 heterocycles. The molecule has 4 N–H and O–H groups in total. The van der Waals surface area contributed by atoms with Crippen molar-refractivity contribution in [3.05, 3.63) is 21.7 Å². The molecule has 0 bridgehead atoms. The summed E-state index contributed by atoms with van der Waals surface area (Å²) in [6, 6.07) is 0. The lowest BCUT2D eigenvalue weighted by Crippen LogP contribution is -2.45. The topological polar surface area (TPSA) is 150 Å². The van der Waals surface area contributed by atoms with Crippen molar-refractivity contribution in [2.45, 2.75) is 103 Å². The maximum Gasteiger partial charge on any atom is 0.309 e. The minimum atomic E-state index is -1.30. The van der Waals surface area contributed by atoms with Gasteiger partial charge in [0.2, 0.25) is 0 Å². The number of carbonyl (C=O) groups excluding carboxylic acids is 2. The third kappa shape index (κ3) is 6.85. The van der Waals surface area contributed by atoms with E-state index in [0.717, 1.165) is 0 Å². The summed E-state index contributed by atoms with van der Waals surface area (Å²) in [7, 11) is 0. The van der Waals surface area contributed by atoms with Crippen molar-refractivity contribution >= 4 is 29.2 Å². The van der Waals surface area contributed by atoms with E-state index < -0.39 is 41.2 Å². The van der Waals surface area contributed by atoms with Crippen LogP contribution in [0.15, 0.2) is 11.0 Å². The predicted molar refractivity (Wildman–Crippen MR) is 138 cm³/mol. The quantitative estimate of drug-likeness (QED) is 0.334. The second-order valence-corrected chi connectivity index (χ2v) is 12.2. The number of thiazole rings is 1.